The number of benzene rings is 1. The van der Waals surface area contributed by atoms with Crippen LogP contribution in [-0.4, -0.2) is 37.4 Å². The van der Waals surface area contributed by atoms with E-state index in [9.17, 15) is 13.2 Å². The van der Waals surface area contributed by atoms with Gasteiger partial charge >= 0.3 is 5.97 Å². The molecule has 20 heavy (non-hydrogen) atoms. The van der Waals surface area contributed by atoms with Crippen molar-refractivity contribution in [3.05, 3.63) is 40.9 Å². The number of halogens is 1. The van der Waals surface area contributed by atoms with Crippen LogP contribution in [0.1, 0.15) is 23.2 Å². The number of allylic oxidation sites excluding steroid dienone is 1. The van der Waals surface area contributed by atoms with Crippen LogP contribution in [0.2, 0.25) is 0 Å². The van der Waals surface area contributed by atoms with Gasteiger partial charge in [0, 0.05) is 18.1 Å². The standard InChI is InChI=1S/C13H16BrNO4S/c1-3-4-5-8-15(2)20(18,19)12-9-10(13(16)17)6-7-11(12)14/h3,6-7,9H,1,4-5,8H2,2H3,(H,16,17). The maximum Gasteiger partial charge on any atom is 0.335 e. The normalized spacial score (nSPS) is 11.6. The highest BCUT2D eigenvalue weighted by Gasteiger charge is 2.24. The topological polar surface area (TPSA) is 74.7 Å². The number of aromatic carboxylic acids is 1. The molecule has 0 atom stereocenters. The number of sulfonamides is 1. The molecule has 0 amide bonds. The Hall–Kier alpha value is -1.18. The molecule has 7 heteroatoms. The van der Waals surface area contributed by atoms with Crippen molar-refractivity contribution in [2.45, 2.75) is 17.7 Å². The fourth-order valence-electron chi connectivity index (χ4n) is 1.58. The summed E-state index contributed by atoms with van der Waals surface area (Å²) in [6, 6.07) is 3.93. The third-order valence-electron chi connectivity index (χ3n) is 2.75. The van der Waals surface area contributed by atoms with Gasteiger partial charge in [-0.1, -0.05) is 6.08 Å². The lowest BCUT2D eigenvalue weighted by Crippen LogP contribution is -2.28. The van der Waals surface area contributed by atoms with Crippen molar-refractivity contribution in [2.24, 2.45) is 0 Å². The van der Waals surface area contributed by atoms with Crippen molar-refractivity contribution in [1.82, 2.24) is 4.31 Å². The van der Waals surface area contributed by atoms with Crippen molar-refractivity contribution in [1.29, 1.82) is 0 Å². The predicted molar refractivity (Wildman–Crippen MR) is 80.3 cm³/mol. The van der Waals surface area contributed by atoms with E-state index in [0.29, 0.717) is 17.4 Å². The molecule has 0 saturated carbocycles. The zero-order valence-corrected chi connectivity index (χ0v) is 13.4. The number of carboxylic acids is 1. The highest BCUT2D eigenvalue weighted by Crippen LogP contribution is 2.26. The summed E-state index contributed by atoms with van der Waals surface area (Å²) in [5, 5.41) is 8.94. The summed E-state index contributed by atoms with van der Waals surface area (Å²) in [6.07, 6.45) is 3.10. The van der Waals surface area contributed by atoms with Crippen molar-refractivity contribution < 1.29 is 18.3 Å². The Morgan fingerprint density at radius 2 is 2.15 bits per heavy atom. The van der Waals surface area contributed by atoms with Gasteiger partial charge in [0.2, 0.25) is 10.0 Å². The number of carboxylic acid groups (broad SMARTS) is 1. The van der Waals surface area contributed by atoms with E-state index in [-0.39, 0.29) is 10.5 Å². The summed E-state index contributed by atoms with van der Waals surface area (Å²) < 4.78 is 26.4. The van der Waals surface area contributed by atoms with Crippen LogP contribution in [0.4, 0.5) is 0 Å². The molecule has 0 radical (unpaired) electrons. The lowest BCUT2D eigenvalue weighted by molar-refractivity contribution is 0.0696. The Bertz CT molecular complexity index is 613. The highest BCUT2D eigenvalue weighted by molar-refractivity contribution is 9.10. The molecule has 0 saturated heterocycles. The summed E-state index contributed by atoms with van der Waals surface area (Å²) in [5.74, 6) is -1.16. The van der Waals surface area contributed by atoms with E-state index in [4.69, 9.17) is 5.11 Å². The van der Waals surface area contributed by atoms with Crippen LogP contribution in [0.3, 0.4) is 0 Å². The lowest BCUT2D eigenvalue weighted by Gasteiger charge is -2.18. The second-order valence-electron chi connectivity index (χ2n) is 4.21. The first-order valence-corrected chi connectivity index (χ1v) is 8.14. The van der Waals surface area contributed by atoms with Gasteiger partial charge < -0.3 is 5.11 Å². The maximum absolute atomic E-state index is 12.4. The monoisotopic (exact) mass is 361 g/mol. The van der Waals surface area contributed by atoms with E-state index in [0.717, 1.165) is 12.5 Å². The Morgan fingerprint density at radius 3 is 2.70 bits per heavy atom. The lowest BCUT2D eigenvalue weighted by atomic mass is 10.2. The summed E-state index contributed by atoms with van der Waals surface area (Å²) in [4.78, 5) is 10.9. The van der Waals surface area contributed by atoms with E-state index >= 15 is 0 Å². The summed E-state index contributed by atoms with van der Waals surface area (Å²) >= 11 is 3.15. The number of hydrogen-bond donors (Lipinski definition) is 1. The van der Waals surface area contributed by atoms with Gasteiger partial charge in [-0.15, -0.1) is 6.58 Å². The first-order chi connectivity index (χ1) is 9.30. The van der Waals surface area contributed by atoms with Gasteiger partial charge in [-0.05, 0) is 47.0 Å². The van der Waals surface area contributed by atoms with E-state index in [1.54, 1.807) is 6.08 Å². The summed E-state index contributed by atoms with van der Waals surface area (Å²) in [6.45, 7) is 3.93. The van der Waals surface area contributed by atoms with Crippen molar-refractivity contribution in [3.63, 3.8) is 0 Å². The molecule has 0 aromatic heterocycles. The van der Waals surface area contributed by atoms with Gasteiger partial charge in [-0.25, -0.2) is 17.5 Å². The van der Waals surface area contributed by atoms with Crippen molar-refractivity contribution >= 4 is 31.9 Å². The smallest absolute Gasteiger partial charge is 0.335 e. The SMILES string of the molecule is C=CCCCN(C)S(=O)(=O)c1cc(C(=O)O)ccc1Br. The van der Waals surface area contributed by atoms with Crippen LogP contribution in [-0.2, 0) is 10.0 Å². The van der Waals surface area contributed by atoms with Crippen molar-refractivity contribution in [3.8, 4) is 0 Å². The first-order valence-electron chi connectivity index (χ1n) is 5.90. The Kier molecular flexibility index (Phi) is 5.91. The fourth-order valence-corrected chi connectivity index (χ4v) is 3.74. The molecule has 0 fully saturated rings. The molecule has 1 rings (SSSR count). The van der Waals surface area contributed by atoms with Gasteiger partial charge in [0.05, 0.1) is 10.5 Å². The minimum absolute atomic E-state index is 0.0431. The largest absolute Gasteiger partial charge is 0.478 e. The van der Waals surface area contributed by atoms with Crippen LogP contribution in [0, 0.1) is 0 Å². The molecule has 0 spiro atoms. The summed E-state index contributed by atoms with van der Waals surface area (Å²) in [5.41, 5.74) is -0.0636. The molecule has 0 unspecified atom stereocenters. The second-order valence-corrected chi connectivity index (χ2v) is 7.08. The van der Waals surface area contributed by atoms with Gasteiger partial charge in [0.25, 0.3) is 0 Å². The van der Waals surface area contributed by atoms with Gasteiger partial charge in [0.15, 0.2) is 0 Å². The number of unbranched alkanes of at least 4 members (excludes halogenated alkanes) is 1. The molecule has 1 aromatic carbocycles. The molecule has 0 aliphatic carbocycles. The van der Waals surface area contributed by atoms with E-state index in [2.05, 4.69) is 22.5 Å². The second kappa shape index (κ2) is 7.01. The van der Waals surface area contributed by atoms with Crippen molar-refractivity contribution in [2.75, 3.05) is 13.6 Å². The van der Waals surface area contributed by atoms with E-state index < -0.39 is 16.0 Å². The first kappa shape index (κ1) is 16.9. The highest BCUT2D eigenvalue weighted by atomic mass is 79.9. The van der Waals surface area contributed by atoms with Gasteiger partial charge in [-0.2, -0.15) is 0 Å². The Morgan fingerprint density at radius 1 is 1.50 bits per heavy atom. The molecule has 1 aromatic rings. The average Bonchev–Trinajstić information content (AvgIpc) is 2.38. The van der Waals surface area contributed by atoms with Crippen LogP contribution >= 0.6 is 15.9 Å². The third kappa shape index (κ3) is 3.91. The average molecular weight is 362 g/mol. The molecule has 0 aliphatic rings. The molecular weight excluding hydrogens is 346 g/mol. The van der Waals surface area contributed by atoms with Gasteiger partial charge in [-0.3, -0.25) is 0 Å². The predicted octanol–water partition coefficient (Wildman–Crippen LogP) is 2.73. The zero-order valence-electron chi connectivity index (χ0n) is 11.0. The molecule has 110 valence electrons. The Balaban J connectivity index is 3.11. The molecule has 1 N–H and O–H groups in total. The molecule has 5 nitrogen and oxygen atoms in total. The van der Waals surface area contributed by atoms with Crippen LogP contribution < -0.4 is 0 Å². The molecular formula is C13H16BrNO4S. The minimum Gasteiger partial charge on any atom is -0.478 e. The molecule has 0 heterocycles. The van der Waals surface area contributed by atoms with E-state index in [1.807, 2.05) is 0 Å². The van der Waals surface area contributed by atoms with Gasteiger partial charge in [0.1, 0.15) is 0 Å². The van der Waals surface area contributed by atoms with Crippen LogP contribution in [0.5, 0.6) is 0 Å². The Labute approximate surface area is 127 Å². The third-order valence-corrected chi connectivity index (χ3v) is 5.60. The van der Waals surface area contributed by atoms with E-state index in [1.165, 1.54) is 23.5 Å². The minimum atomic E-state index is -3.72. The quantitative estimate of drug-likeness (QED) is 0.598. The summed E-state index contributed by atoms with van der Waals surface area (Å²) in [7, 11) is -2.25. The number of rotatable bonds is 7. The fraction of sp³-hybridized carbons (Fsp3) is 0.308. The zero-order chi connectivity index (χ0) is 15.3. The number of carbonyl (C=O) groups is 1. The van der Waals surface area contributed by atoms with Crippen LogP contribution in [0.25, 0.3) is 0 Å². The molecule has 0 bridgehead atoms. The maximum atomic E-state index is 12.4. The number of nitrogens with zero attached hydrogens (tertiary/aromatic N) is 1. The molecule has 0 aliphatic heterocycles. The van der Waals surface area contributed by atoms with Crippen LogP contribution in [0.15, 0.2) is 40.2 Å². The number of hydrogen-bond acceptors (Lipinski definition) is 3.